The third-order valence-electron chi connectivity index (χ3n) is 3.24. The summed E-state index contributed by atoms with van der Waals surface area (Å²) >= 11 is 5.34. The van der Waals surface area contributed by atoms with Crippen LogP contribution in [0.2, 0.25) is 0 Å². The highest BCUT2D eigenvalue weighted by molar-refractivity contribution is 9.10. The van der Waals surface area contributed by atoms with Gasteiger partial charge in [0.05, 0.1) is 18.4 Å². The van der Waals surface area contributed by atoms with E-state index in [4.69, 9.17) is 0 Å². The van der Waals surface area contributed by atoms with Crippen LogP contribution in [0.1, 0.15) is 19.8 Å². The molecule has 1 atom stereocenters. The summed E-state index contributed by atoms with van der Waals surface area (Å²) in [6.07, 6.45) is 5.83. The molecule has 1 aromatic rings. The van der Waals surface area contributed by atoms with Crippen LogP contribution in [0.4, 0.5) is 5.69 Å². The molecule has 1 unspecified atom stereocenters. The van der Waals surface area contributed by atoms with Gasteiger partial charge in [-0.2, -0.15) is 16.9 Å². The fourth-order valence-corrected chi connectivity index (χ4v) is 3.79. The van der Waals surface area contributed by atoms with E-state index in [1.807, 2.05) is 11.8 Å². The predicted molar refractivity (Wildman–Crippen MR) is 85.0 cm³/mol. The summed E-state index contributed by atoms with van der Waals surface area (Å²) < 4.78 is 2.18. The maximum Gasteiger partial charge on any atom is 0.283 e. The number of rotatable bonds is 5. The molecule has 1 fully saturated rings. The molecule has 6 heteroatoms. The highest BCUT2D eigenvalue weighted by Gasteiger charge is 2.29. The van der Waals surface area contributed by atoms with Crippen LogP contribution in [0.15, 0.2) is 28.1 Å². The number of allylic oxidation sites excluding steroid dienone is 1. The zero-order valence-corrected chi connectivity index (χ0v) is 13.4. The molecule has 1 N–H and O–H groups in total. The molecule has 2 heterocycles. The van der Waals surface area contributed by atoms with Gasteiger partial charge in [-0.3, -0.25) is 4.79 Å². The Hall–Kier alpha value is -0.750. The van der Waals surface area contributed by atoms with Gasteiger partial charge in [-0.25, -0.2) is 4.68 Å². The molecule has 0 spiro atoms. The van der Waals surface area contributed by atoms with E-state index in [2.05, 4.69) is 39.8 Å². The molecular weight excluding hydrogens is 326 g/mol. The molecule has 1 aliphatic heterocycles. The molecule has 1 aromatic heterocycles. The Bertz CT molecular complexity index is 523. The third-order valence-corrected chi connectivity index (χ3v) is 5.54. The lowest BCUT2D eigenvalue weighted by Gasteiger charge is -2.23. The van der Waals surface area contributed by atoms with Crippen LogP contribution in [0.3, 0.4) is 0 Å². The minimum absolute atomic E-state index is 0.130. The standard InChI is InChI=1S/C13H18BrN3OS/c1-3-6-17-12(18)11(14)10(8-16-17)15-9-13(2)5-4-7-19-13/h3,8,15H,1,4-7,9H2,2H3. The summed E-state index contributed by atoms with van der Waals surface area (Å²) in [5, 5.41) is 7.47. The first-order chi connectivity index (χ1) is 9.06. The lowest BCUT2D eigenvalue weighted by molar-refractivity contribution is 0.628. The van der Waals surface area contributed by atoms with Crippen molar-refractivity contribution >= 4 is 33.4 Å². The van der Waals surface area contributed by atoms with E-state index in [1.54, 1.807) is 12.3 Å². The van der Waals surface area contributed by atoms with Crippen molar-refractivity contribution < 1.29 is 0 Å². The zero-order chi connectivity index (χ0) is 13.9. The second kappa shape index (κ2) is 6.13. The Morgan fingerprint density at radius 3 is 3.16 bits per heavy atom. The summed E-state index contributed by atoms with van der Waals surface area (Å²) in [5.41, 5.74) is 0.633. The molecule has 0 bridgehead atoms. The number of anilines is 1. The van der Waals surface area contributed by atoms with Gasteiger partial charge >= 0.3 is 0 Å². The van der Waals surface area contributed by atoms with E-state index in [1.165, 1.54) is 23.3 Å². The van der Waals surface area contributed by atoms with Crippen LogP contribution in [-0.4, -0.2) is 26.8 Å². The maximum absolute atomic E-state index is 12.0. The van der Waals surface area contributed by atoms with Gasteiger partial charge in [-0.15, -0.1) is 6.58 Å². The number of nitrogens with one attached hydrogen (secondary N) is 1. The molecule has 0 amide bonds. The van der Waals surface area contributed by atoms with Crippen molar-refractivity contribution in [3.05, 3.63) is 33.7 Å². The zero-order valence-electron chi connectivity index (χ0n) is 11.0. The van der Waals surface area contributed by atoms with Gasteiger partial charge in [0.2, 0.25) is 0 Å². The lowest BCUT2D eigenvalue weighted by Crippen LogP contribution is -2.29. The monoisotopic (exact) mass is 343 g/mol. The number of thioether (sulfide) groups is 1. The van der Waals surface area contributed by atoms with Crippen molar-refractivity contribution in [1.29, 1.82) is 0 Å². The summed E-state index contributed by atoms with van der Waals surface area (Å²) in [5.74, 6) is 1.22. The van der Waals surface area contributed by atoms with Crippen LogP contribution >= 0.6 is 27.7 Å². The molecule has 104 valence electrons. The van der Waals surface area contributed by atoms with Crippen molar-refractivity contribution in [2.45, 2.75) is 31.1 Å². The largest absolute Gasteiger partial charge is 0.381 e. The van der Waals surface area contributed by atoms with Crippen molar-refractivity contribution in [3.63, 3.8) is 0 Å². The molecule has 1 aliphatic rings. The fraction of sp³-hybridized carbons (Fsp3) is 0.538. The SMILES string of the molecule is C=CCn1ncc(NCC2(C)CCCS2)c(Br)c1=O. The summed E-state index contributed by atoms with van der Waals surface area (Å²) in [4.78, 5) is 12.0. The summed E-state index contributed by atoms with van der Waals surface area (Å²) in [6.45, 7) is 7.15. The van der Waals surface area contributed by atoms with Crippen molar-refractivity contribution in [2.75, 3.05) is 17.6 Å². The first-order valence-corrected chi connectivity index (χ1v) is 8.08. The second-order valence-corrected chi connectivity index (χ2v) is 7.38. The van der Waals surface area contributed by atoms with Crippen LogP contribution in [0.5, 0.6) is 0 Å². The lowest BCUT2D eigenvalue weighted by atomic mass is 10.1. The maximum atomic E-state index is 12.0. The van der Waals surface area contributed by atoms with Crippen LogP contribution in [-0.2, 0) is 6.54 Å². The van der Waals surface area contributed by atoms with Crippen LogP contribution in [0, 0.1) is 0 Å². The minimum Gasteiger partial charge on any atom is -0.381 e. The predicted octanol–water partition coefficient (Wildman–Crippen LogP) is 2.89. The van der Waals surface area contributed by atoms with Crippen molar-refractivity contribution in [3.8, 4) is 0 Å². The number of halogens is 1. The van der Waals surface area contributed by atoms with E-state index < -0.39 is 0 Å². The molecule has 0 saturated carbocycles. The molecule has 19 heavy (non-hydrogen) atoms. The normalized spacial score (nSPS) is 22.4. The Balaban J connectivity index is 2.11. The van der Waals surface area contributed by atoms with E-state index >= 15 is 0 Å². The Kier molecular flexibility index (Phi) is 4.73. The Morgan fingerprint density at radius 2 is 2.53 bits per heavy atom. The first-order valence-electron chi connectivity index (χ1n) is 6.30. The van der Waals surface area contributed by atoms with Crippen molar-refractivity contribution in [2.24, 2.45) is 0 Å². The molecule has 0 radical (unpaired) electrons. The minimum atomic E-state index is -0.130. The average molecular weight is 344 g/mol. The van der Waals surface area contributed by atoms with E-state index in [0.717, 1.165) is 12.2 Å². The molecule has 0 aromatic carbocycles. The highest BCUT2D eigenvalue weighted by atomic mass is 79.9. The van der Waals surface area contributed by atoms with Gasteiger partial charge in [0.15, 0.2) is 0 Å². The Labute approximate surface area is 125 Å². The quantitative estimate of drug-likeness (QED) is 0.835. The second-order valence-electron chi connectivity index (χ2n) is 4.90. The molecule has 0 aliphatic carbocycles. The van der Waals surface area contributed by atoms with Gasteiger partial charge in [0.25, 0.3) is 5.56 Å². The number of aromatic nitrogens is 2. The van der Waals surface area contributed by atoms with Gasteiger partial charge in [-0.1, -0.05) is 6.08 Å². The van der Waals surface area contributed by atoms with E-state index in [-0.39, 0.29) is 10.3 Å². The van der Waals surface area contributed by atoms with Crippen LogP contribution < -0.4 is 10.9 Å². The van der Waals surface area contributed by atoms with Gasteiger partial charge < -0.3 is 5.32 Å². The fourth-order valence-electron chi connectivity index (χ4n) is 2.10. The van der Waals surface area contributed by atoms with Gasteiger partial charge in [-0.05, 0) is 41.4 Å². The topological polar surface area (TPSA) is 46.9 Å². The molecular formula is C13H18BrN3OS. The number of nitrogens with zero attached hydrogens (tertiary/aromatic N) is 2. The molecule has 2 rings (SSSR count). The van der Waals surface area contributed by atoms with Gasteiger partial charge in [0.1, 0.15) is 4.47 Å². The summed E-state index contributed by atoms with van der Waals surface area (Å²) in [7, 11) is 0. The molecule has 4 nitrogen and oxygen atoms in total. The average Bonchev–Trinajstić information content (AvgIpc) is 2.82. The summed E-state index contributed by atoms with van der Waals surface area (Å²) in [6, 6.07) is 0. The smallest absolute Gasteiger partial charge is 0.283 e. The highest BCUT2D eigenvalue weighted by Crippen LogP contribution is 2.37. The van der Waals surface area contributed by atoms with E-state index in [9.17, 15) is 4.79 Å². The Morgan fingerprint density at radius 1 is 1.74 bits per heavy atom. The van der Waals surface area contributed by atoms with Crippen molar-refractivity contribution in [1.82, 2.24) is 9.78 Å². The van der Waals surface area contributed by atoms with E-state index in [0.29, 0.717) is 11.0 Å². The first kappa shape index (κ1) is 14.7. The number of hydrogen-bond acceptors (Lipinski definition) is 4. The van der Waals surface area contributed by atoms with Gasteiger partial charge in [0, 0.05) is 11.3 Å². The molecule has 1 saturated heterocycles. The number of hydrogen-bond donors (Lipinski definition) is 1. The van der Waals surface area contributed by atoms with Crippen LogP contribution in [0.25, 0.3) is 0 Å². The third kappa shape index (κ3) is 3.42.